The molecular weight excluding hydrogens is 430 g/mol. The van der Waals surface area contributed by atoms with Gasteiger partial charge >= 0.3 is 0 Å². The molecule has 0 atom stereocenters. The van der Waals surface area contributed by atoms with Gasteiger partial charge in [-0.1, -0.05) is 51.1 Å². The topological polar surface area (TPSA) is 82.9 Å². The summed E-state index contributed by atoms with van der Waals surface area (Å²) in [7, 11) is -3.84. The molecule has 0 unspecified atom stereocenters. The third-order valence-electron chi connectivity index (χ3n) is 5.69. The Bertz CT molecular complexity index is 1490. The Morgan fingerprint density at radius 3 is 2.33 bits per heavy atom. The van der Waals surface area contributed by atoms with E-state index in [-0.39, 0.29) is 10.3 Å². The number of pyridine rings is 1. The van der Waals surface area contributed by atoms with E-state index in [1.165, 1.54) is 0 Å². The lowest BCUT2D eigenvalue weighted by Gasteiger charge is -2.19. The molecule has 0 aliphatic heterocycles. The maximum atomic E-state index is 13.2. The molecule has 0 radical (unpaired) electrons. The van der Waals surface area contributed by atoms with Gasteiger partial charge in [-0.25, -0.2) is 8.42 Å². The van der Waals surface area contributed by atoms with Gasteiger partial charge in [0.2, 0.25) is 0 Å². The van der Waals surface area contributed by atoms with Gasteiger partial charge in [-0.2, -0.15) is 5.26 Å². The van der Waals surface area contributed by atoms with E-state index >= 15 is 0 Å². The second-order valence-corrected chi connectivity index (χ2v) is 10.8. The van der Waals surface area contributed by atoms with E-state index in [0.29, 0.717) is 16.8 Å². The second-order valence-electron chi connectivity index (χ2n) is 9.08. The van der Waals surface area contributed by atoms with Crippen LogP contribution in [0.15, 0.2) is 77.8 Å². The Labute approximate surface area is 194 Å². The number of nitriles is 1. The van der Waals surface area contributed by atoms with Gasteiger partial charge in [0.1, 0.15) is 0 Å². The van der Waals surface area contributed by atoms with Gasteiger partial charge in [0.15, 0.2) is 0 Å². The minimum absolute atomic E-state index is 0.0729. The van der Waals surface area contributed by atoms with Gasteiger partial charge in [-0.05, 0) is 65.4 Å². The van der Waals surface area contributed by atoms with Crippen molar-refractivity contribution in [1.29, 1.82) is 5.26 Å². The molecule has 0 fully saturated rings. The summed E-state index contributed by atoms with van der Waals surface area (Å²) in [5, 5.41) is 10.3. The Morgan fingerprint density at radius 2 is 1.67 bits per heavy atom. The van der Waals surface area contributed by atoms with Crippen molar-refractivity contribution in [3.05, 3.63) is 89.6 Å². The lowest BCUT2D eigenvalue weighted by atomic mass is 9.87. The molecular formula is C27H25N3O2S. The number of aryl methyl sites for hydroxylation is 1. The van der Waals surface area contributed by atoms with E-state index < -0.39 is 10.0 Å². The largest absolute Gasteiger partial charge is 0.279 e. The van der Waals surface area contributed by atoms with Crippen LogP contribution in [-0.4, -0.2) is 13.4 Å². The summed E-state index contributed by atoms with van der Waals surface area (Å²) >= 11 is 0. The zero-order chi connectivity index (χ0) is 23.8. The molecule has 4 aromatic rings. The van der Waals surface area contributed by atoms with Crippen LogP contribution >= 0.6 is 0 Å². The number of sulfonamides is 1. The first-order valence-corrected chi connectivity index (χ1v) is 12.1. The minimum atomic E-state index is -3.84. The zero-order valence-electron chi connectivity index (χ0n) is 19.0. The molecule has 0 saturated carbocycles. The zero-order valence-corrected chi connectivity index (χ0v) is 19.9. The number of hydrogen-bond acceptors (Lipinski definition) is 4. The van der Waals surface area contributed by atoms with Gasteiger partial charge in [0.05, 0.1) is 27.7 Å². The van der Waals surface area contributed by atoms with Gasteiger partial charge in [0, 0.05) is 17.1 Å². The standard InChI is InChI=1S/C27H25N3O2S/c1-18-7-13-22(23-6-5-15-29-26(18)23)24-16-19(17-28)8-14-25(24)30-33(31,32)21-11-9-20(10-12-21)27(2,3)4/h5-16,30H,1-4H3. The highest BCUT2D eigenvalue weighted by Gasteiger charge is 2.20. The molecule has 0 amide bonds. The van der Waals surface area contributed by atoms with Crippen molar-refractivity contribution in [3.8, 4) is 17.2 Å². The van der Waals surface area contributed by atoms with Crippen LogP contribution in [0.1, 0.15) is 37.5 Å². The van der Waals surface area contributed by atoms with E-state index in [1.54, 1.807) is 36.5 Å². The van der Waals surface area contributed by atoms with E-state index in [2.05, 4.69) is 36.5 Å². The molecule has 1 heterocycles. The molecule has 5 nitrogen and oxygen atoms in total. The fraction of sp³-hybridized carbons (Fsp3) is 0.185. The highest BCUT2D eigenvalue weighted by atomic mass is 32.2. The molecule has 0 saturated heterocycles. The van der Waals surface area contributed by atoms with Gasteiger partial charge in [-0.15, -0.1) is 0 Å². The lowest BCUT2D eigenvalue weighted by Crippen LogP contribution is -2.15. The smallest absolute Gasteiger partial charge is 0.261 e. The summed E-state index contributed by atoms with van der Waals surface area (Å²) in [5.74, 6) is 0. The first-order chi connectivity index (χ1) is 15.6. The van der Waals surface area contributed by atoms with Crippen molar-refractivity contribution >= 4 is 26.6 Å². The Hall–Kier alpha value is -3.69. The average molecular weight is 456 g/mol. The summed E-state index contributed by atoms with van der Waals surface area (Å²) < 4.78 is 29.2. The SMILES string of the molecule is Cc1ccc(-c2cc(C#N)ccc2NS(=O)(=O)c2ccc(C(C)(C)C)cc2)c2cccnc12. The van der Waals surface area contributed by atoms with Crippen molar-refractivity contribution in [2.75, 3.05) is 4.72 Å². The fourth-order valence-electron chi connectivity index (χ4n) is 3.81. The van der Waals surface area contributed by atoms with Crippen LogP contribution < -0.4 is 4.72 Å². The number of hydrogen-bond donors (Lipinski definition) is 1. The van der Waals surface area contributed by atoms with E-state index in [0.717, 1.165) is 27.6 Å². The molecule has 1 N–H and O–H groups in total. The number of aromatic nitrogens is 1. The molecule has 4 rings (SSSR count). The van der Waals surface area contributed by atoms with Gasteiger partial charge < -0.3 is 0 Å². The molecule has 0 bridgehead atoms. The van der Waals surface area contributed by atoms with E-state index in [1.807, 2.05) is 43.3 Å². The third kappa shape index (κ3) is 4.46. The molecule has 0 spiro atoms. The van der Waals surface area contributed by atoms with Crippen LogP contribution in [0.25, 0.3) is 22.0 Å². The normalized spacial score (nSPS) is 11.8. The first-order valence-electron chi connectivity index (χ1n) is 10.6. The number of rotatable bonds is 4. The van der Waals surface area contributed by atoms with Crippen molar-refractivity contribution in [2.24, 2.45) is 0 Å². The summed E-state index contributed by atoms with van der Waals surface area (Å²) in [4.78, 5) is 4.67. The molecule has 33 heavy (non-hydrogen) atoms. The molecule has 0 aliphatic carbocycles. The van der Waals surface area contributed by atoms with Gasteiger partial charge in [-0.3, -0.25) is 9.71 Å². The Balaban J connectivity index is 1.82. The lowest BCUT2D eigenvalue weighted by molar-refractivity contribution is 0.587. The van der Waals surface area contributed by atoms with Crippen molar-refractivity contribution in [3.63, 3.8) is 0 Å². The third-order valence-corrected chi connectivity index (χ3v) is 7.07. The molecule has 166 valence electrons. The minimum Gasteiger partial charge on any atom is -0.279 e. The summed E-state index contributed by atoms with van der Waals surface area (Å²) in [6, 6.07) is 21.7. The van der Waals surface area contributed by atoms with Crippen LogP contribution in [0, 0.1) is 18.3 Å². The van der Waals surface area contributed by atoms with Crippen LogP contribution in [0.4, 0.5) is 5.69 Å². The monoisotopic (exact) mass is 455 g/mol. The molecule has 0 aliphatic rings. The van der Waals surface area contributed by atoms with Crippen molar-refractivity contribution in [2.45, 2.75) is 38.0 Å². The maximum Gasteiger partial charge on any atom is 0.261 e. The van der Waals surface area contributed by atoms with Crippen molar-refractivity contribution in [1.82, 2.24) is 4.98 Å². The van der Waals surface area contributed by atoms with Gasteiger partial charge in [0.25, 0.3) is 10.0 Å². The average Bonchev–Trinajstić information content (AvgIpc) is 2.79. The summed E-state index contributed by atoms with van der Waals surface area (Å²) in [6.45, 7) is 8.23. The second kappa shape index (κ2) is 8.34. The quantitative estimate of drug-likeness (QED) is 0.398. The van der Waals surface area contributed by atoms with E-state index in [4.69, 9.17) is 0 Å². The molecule has 3 aromatic carbocycles. The number of nitrogens with zero attached hydrogens (tertiary/aromatic N) is 2. The van der Waals surface area contributed by atoms with Crippen LogP contribution in [0.3, 0.4) is 0 Å². The Kier molecular flexibility index (Phi) is 5.69. The maximum absolute atomic E-state index is 13.2. The van der Waals surface area contributed by atoms with Crippen molar-refractivity contribution < 1.29 is 8.42 Å². The fourth-order valence-corrected chi connectivity index (χ4v) is 4.89. The summed E-state index contributed by atoms with van der Waals surface area (Å²) in [6.07, 6.45) is 1.73. The van der Waals surface area contributed by atoms with E-state index in [9.17, 15) is 13.7 Å². The number of anilines is 1. The van der Waals surface area contributed by atoms with Crippen LogP contribution in [-0.2, 0) is 15.4 Å². The number of benzene rings is 3. The highest BCUT2D eigenvalue weighted by Crippen LogP contribution is 2.36. The highest BCUT2D eigenvalue weighted by molar-refractivity contribution is 7.92. The predicted octanol–water partition coefficient (Wildman–Crippen LogP) is 6.18. The number of fused-ring (bicyclic) bond motifs is 1. The summed E-state index contributed by atoms with van der Waals surface area (Å²) in [5.41, 5.74) is 5.12. The number of nitrogens with one attached hydrogen (secondary N) is 1. The Morgan fingerprint density at radius 1 is 0.939 bits per heavy atom. The van der Waals surface area contributed by atoms with Crippen LogP contribution in [0.5, 0.6) is 0 Å². The predicted molar refractivity (Wildman–Crippen MR) is 133 cm³/mol. The van der Waals surface area contributed by atoms with Crippen LogP contribution in [0.2, 0.25) is 0 Å². The molecule has 1 aromatic heterocycles. The molecule has 6 heteroatoms. The first kappa shape index (κ1) is 22.5.